The third-order valence-corrected chi connectivity index (χ3v) is 7.44. The number of benzene rings is 1. The molecule has 0 amide bonds. The van der Waals surface area contributed by atoms with Gasteiger partial charge in [0.05, 0.1) is 36.9 Å². The van der Waals surface area contributed by atoms with Crippen molar-refractivity contribution in [2.24, 2.45) is 13.0 Å². The number of ether oxygens (including phenoxy) is 1. The molecule has 4 aliphatic rings. The van der Waals surface area contributed by atoms with E-state index in [1.165, 1.54) is 5.39 Å². The highest BCUT2D eigenvalue weighted by atomic mass is 32.1. The summed E-state index contributed by atoms with van der Waals surface area (Å²) >= 11 is 5.94. The van der Waals surface area contributed by atoms with Crippen LogP contribution in [0.4, 0.5) is 0 Å². The Morgan fingerprint density at radius 3 is 2.74 bits per heavy atom. The molecule has 0 radical (unpaired) electrons. The fourth-order valence-corrected chi connectivity index (χ4v) is 6.01. The summed E-state index contributed by atoms with van der Waals surface area (Å²) in [6, 6.07) is 11.7. The summed E-state index contributed by atoms with van der Waals surface area (Å²) in [5, 5.41) is 12.5. The van der Waals surface area contributed by atoms with Gasteiger partial charge in [-0.25, -0.2) is 0 Å². The number of thiocarbonyl (C=S) groups is 1. The number of aromatic nitrogens is 1. The molecule has 8 heteroatoms. The molecular formula is C23H23N3O4S. The Bertz CT molecular complexity index is 1170. The van der Waals surface area contributed by atoms with Gasteiger partial charge in [0, 0.05) is 30.7 Å². The van der Waals surface area contributed by atoms with Crippen LogP contribution in [0.1, 0.15) is 17.7 Å². The van der Waals surface area contributed by atoms with E-state index in [0.29, 0.717) is 24.6 Å². The number of fused-ring (bicyclic) bond motifs is 3. The van der Waals surface area contributed by atoms with Gasteiger partial charge in [0.25, 0.3) is 0 Å². The molecule has 2 bridgehead atoms. The van der Waals surface area contributed by atoms with Crippen LogP contribution in [0.3, 0.4) is 0 Å². The number of aliphatic hydroxyl groups excluding tert-OH is 1. The van der Waals surface area contributed by atoms with E-state index in [9.17, 15) is 9.90 Å². The van der Waals surface area contributed by atoms with Crippen molar-refractivity contribution in [3.05, 3.63) is 60.2 Å². The van der Waals surface area contributed by atoms with Crippen LogP contribution in [-0.2, 0) is 29.7 Å². The molecule has 5 atom stereocenters. The summed E-state index contributed by atoms with van der Waals surface area (Å²) in [7, 11) is 2.04. The standard InChI is InChI=1S/C23H23N3O4S/c1-24-10-13(15-6-2-3-7-17(15)24)11-25-20-19(16-9-18(27)21(20)30-22(16)28)26(23(25)31)12-14-5-4-8-29-14/h2-8,10,16,18-21,27H,9,11-12H2,1H3/t16-,18-,19-,20-,21+/m1/s1. The summed E-state index contributed by atoms with van der Waals surface area (Å²) in [4.78, 5) is 16.8. The lowest BCUT2D eigenvalue weighted by atomic mass is 9.74. The lowest BCUT2D eigenvalue weighted by molar-refractivity contribution is -0.199. The van der Waals surface area contributed by atoms with Gasteiger partial charge in [0.15, 0.2) is 5.11 Å². The first-order valence-corrected chi connectivity index (χ1v) is 10.9. The van der Waals surface area contributed by atoms with Crippen LogP contribution >= 0.6 is 12.2 Å². The minimum atomic E-state index is -0.676. The minimum Gasteiger partial charge on any atom is -0.467 e. The maximum absolute atomic E-state index is 12.6. The van der Waals surface area contributed by atoms with E-state index in [1.807, 2.05) is 31.3 Å². The van der Waals surface area contributed by atoms with Crippen LogP contribution < -0.4 is 0 Å². The molecule has 2 aromatic heterocycles. The summed E-state index contributed by atoms with van der Waals surface area (Å²) in [6.07, 6.45) is 2.91. The molecule has 1 aliphatic carbocycles. The largest absolute Gasteiger partial charge is 0.467 e. The second-order valence-electron chi connectivity index (χ2n) is 8.69. The third kappa shape index (κ3) is 2.74. The highest BCUT2D eigenvalue weighted by Gasteiger charge is 2.62. The summed E-state index contributed by atoms with van der Waals surface area (Å²) < 4.78 is 13.4. The number of carbonyl (C=O) groups is 1. The highest BCUT2D eigenvalue weighted by molar-refractivity contribution is 7.80. The van der Waals surface area contributed by atoms with Crippen molar-refractivity contribution in [1.29, 1.82) is 0 Å². The fraction of sp³-hybridized carbons (Fsp3) is 0.391. The zero-order chi connectivity index (χ0) is 21.3. The second-order valence-corrected chi connectivity index (χ2v) is 9.06. The molecule has 160 valence electrons. The Labute approximate surface area is 184 Å². The van der Waals surface area contributed by atoms with Crippen molar-refractivity contribution in [1.82, 2.24) is 14.4 Å². The number of esters is 1. The molecule has 3 aromatic rings. The SMILES string of the molecule is Cn1cc(CN2C(=S)N(Cc3ccco3)[C@H]3[C@@H]2[C@H]2OC(=O)[C@@H]3C[C@H]2O)c2ccccc21. The molecule has 7 rings (SSSR count). The smallest absolute Gasteiger partial charge is 0.311 e. The maximum atomic E-state index is 12.6. The number of aliphatic hydroxyl groups is 1. The molecule has 0 unspecified atom stereocenters. The lowest BCUT2D eigenvalue weighted by Gasteiger charge is -2.49. The summed E-state index contributed by atoms with van der Waals surface area (Å²) in [5.41, 5.74) is 2.31. The van der Waals surface area contributed by atoms with Gasteiger partial charge in [-0.15, -0.1) is 0 Å². The van der Waals surface area contributed by atoms with Crippen LogP contribution in [0, 0.1) is 5.92 Å². The number of nitrogens with zero attached hydrogens (tertiary/aromatic N) is 3. The van der Waals surface area contributed by atoms with Crippen molar-refractivity contribution in [3.63, 3.8) is 0 Å². The van der Waals surface area contributed by atoms with Gasteiger partial charge in [-0.3, -0.25) is 4.79 Å². The highest BCUT2D eigenvalue weighted by Crippen LogP contribution is 2.45. The molecule has 7 nitrogen and oxygen atoms in total. The first-order chi connectivity index (χ1) is 15.0. The molecule has 3 aliphatic heterocycles. The topological polar surface area (TPSA) is 71.1 Å². The van der Waals surface area contributed by atoms with Crippen molar-refractivity contribution >= 4 is 34.2 Å². The van der Waals surface area contributed by atoms with Crippen molar-refractivity contribution in [2.75, 3.05) is 0 Å². The minimum absolute atomic E-state index is 0.137. The van der Waals surface area contributed by atoms with Crippen LogP contribution in [-0.4, -0.2) is 54.8 Å². The van der Waals surface area contributed by atoms with Crippen molar-refractivity contribution in [2.45, 2.75) is 43.8 Å². The molecule has 1 N–H and O–H groups in total. The fourth-order valence-electron chi connectivity index (χ4n) is 5.63. The van der Waals surface area contributed by atoms with E-state index in [-0.39, 0.29) is 18.1 Å². The molecule has 0 spiro atoms. The van der Waals surface area contributed by atoms with Crippen molar-refractivity contribution < 1.29 is 19.1 Å². The molecule has 5 heterocycles. The average molecular weight is 438 g/mol. The van der Waals surface area contributed by atoms with E-state index in [0.717, 1.165) is 16.8 Å². The number of para-hydroxylation sites is 1. The van der Waals surface area contributed by atoms with Crippen LogP contribution in [0.2, 0.25) is 0 Å². The van der Waals surface area contributed by atoms with Gasteiger partial charge < -0.3 is 28.6 Å². The molecule has 1 saturated carbocycles. The van der Waals surface area contributed by atoms with Gasteiger partial charge in [-0.1, -0.05) is 18.2 Å². The Morgan fingerprint density at radius 2 is 1.94 bits per heavy atom. The van der Waals surface area contributed by atoms with Gasteiger partial charge >= 0.3 is 5.97 Å². The van der Waals surface area contributed by atoms with E-state index in [4.69, 9.17) is 21.4 Å². The average Bonchev–Trinajstić information content (AvgIpc) is 3.45. The maximum Gasteiger partial charge on any atom is 0.311 e. The third-order valence-electron chi connectivity index (χ3n) is 6.97. The number of hydrogen-bond acceptors (Lipinski definition) is 5. The quantitative estimate of drug-likeness (QED) is 0.497. The van der Waals surface area contributed by atoms with Gasteiger partial charge in [0.1, 0.15) is 11.9 Å². The first-order valence-electron chi connectivity index (χ1n) is 10.5. The Balaban J connectivity index is 1.41. The van der Waals surface area contributed by atoms with E-state index >= 15 is 0 Å². The number of rotatable bonds is 4. The van der Waals surface area contributed by atoms with Crippen molar-refractivity contribution in [3.8, 4) is 0 Å². The summed E-state index contributed by atoms with van der Waals surface area (Å²) in [6.45, 7) is 1.08. The van der Waals surface area contributed by atoms with Gasteiger partial charge in [-0.2, -0.15) is 0 Å². The van der Waals surface area contributed by atoms with Crippen LogP contribution in [0.5, 0.6) is 0 Å². The molecule has 4 fully saturated rings. The molecule has 31 heavy (non-hydrogen) atoms. The van der Waals surface area contributed by atoms with Gasteiger partial charge in [-0.05, 0) is 42.4 Å². The Kier molecular flexibility index (Phi) is 4.16. The predicted octanol–water partition coefficient (Wildman–Crippen LogP) is 2.42. The van der Waals surface area contributed by atoms with E-state index in [1.54, 1.807) is 6.26 Å². The zero-order valence-corrected chi connectivity index (χ0v) is 17.9. The van der Waals surface area contributed by atoms with Crippen LogP contribution in [0.25, 0.3) is 10.9 Å². The number of carbonyl (C=O) groups excluding carboxylic acids is 1. The summed E-state index contributed by atoms with van der Waals surface area (Å²) in [5.74, 6) is 0.148. The zero-order valence-electron chi connectivity index (χ0n) is 17.0. The monoisotopic (exact) mass is 437 g/mol. The molecule has 3 saturated heterocycles. The lowest BCUT2D eigenvalue weighted by Crippen LogP contribution is -2.66. The van der Waals surface area contributed by atoms with E-state index < -0.39 is 18.1 Å². The number of hydrogen-bond donors (Lipinski definition) is 1. The normalized spacial score (nSPS) is 29.7. The second kappa shape index (κ2) is 6.83. The molecular weight excluding hydrogens is 414 g/mol. The Hall–Kier alpha value is -2.84. The Morgan fingerprint density at radius 1 is 1.13 bits per heavy atom. The van der Waals surface area contributed by atoms with E-state index in [2.05, 4.69) is 32.7 Å². The van der Waals surface area contributed by atoms with Crippen LogP contribution in [0.15, 0.2) is 53.3 Å². The number of furan rings is 1. The first kappa shape index (κ1) is 18.9. The predicted molar refractivity (Wildman–Crippen MR) is 117 cm³/mol. The number of aryl methyl sites for hydroxylation is 1. The molecule has 1 aromatic carbocycles. The van der Waals surface area contributed by atoms with Gasteiger partial charge in [0.2, 0.25) is 0 Å².